The minimum absolute atomic E-state index is 0.0203. The molecule has 0 aliphatic heterocycles. The minimum Gasteiger partial charge on any atom is -0.306 e. The van der Waals surface area contributed by atoms with Crippen LogP contribution in [0.15, 0.2) is 42.5 Å². The molecule has 0 unspecified atom stereocenters. The number of sulfonamides is 1. The third kappa shape index (κ3) is 4.04. The van der Waals surface area contributed by atoms with Gasteiger partial charge in [-0.05, 0) is 49.1 Å². The molecule has 2 aromatic carbocycles. The van der Waals surface area contributed by atoms with Gasteiger partial charge >= 0.3 is 0 Å². The largest absolute Gasteiger partial charge is 0.306 e. The number of fused-ring (bicyclic) bond motifs is 1. The summed E-state index contributed by atoms with van der Waals surface area (Å²) in [5.41, 5.74) is 6.15. The van der Waals surface area contributed by atoms with Crippen LogP contribution in [-0.2, 0) is 28.7 Å². The van der Waals surface area contributed by atoms with Gasteiger partial charge < -0.3 is 5.32 Å². The second-order valence-electron chi connectivity index (χ2n) is 6.45. The monoisotopic (exact) mass is 344 g/mol. The molecule has 0 spiro atoms. The van der Waals surface area contributed by atoms with Crippen LogP contribution in [0.3, 0.4) is 0 Å². The Balaban J connectivity index is 1.61. The molecule has 0 bridgehead atoms. The summed E-state index contributed by atoms with van der Waals surface area (Å²) in [5.74, 6) is 0.0203. The Kier molecular flexibility index (Phi) is 5.04. The number of hydrogen-bond acceptors (Lipinski definition) is 3. The molecule has 24 heavy (non-hydrogen) atoms. The van der Waals surface area contributed by atoms with E-state index in [4.69, 9.17) is 0 Å². The number of benzene rings is 2. The molecule has 128 valence electrons. The van der Waals surface area contributed by atoms with E-state index in [0.29, 0.717) is 6.04 Å². The average molecular weight is 344 g/mol. The van der Waals surface area contributed by atoms with E-state index in [-0.39, 0.29) is 5.75 Å². The lowest BCUT2D eigenvalue weighted by Gasteiger charge is -2.15. The molecule has 2 aromatic rings. The topological polar surface area (TPSA) is 58.2 Å². The Hall–Kier alpha value is -1.69. The second-order valence-corrected chi connectivity index (χ2v) is 8.38. The zero-order chi connectivity index (χ0) is 17.2. The van der Waals surface area contributed by atoms with E-state index in [1.807, 2.05) is 24.3 Å². The first-order valence-corrected chi connectivity index (χ1v) is 9.94. The molecule has 0 heterocycles. The highest BCUT2D eigenvalue weighted by atomic mass is 32.2. The van der Waals surface area contributed by atoms with Crippen molar-refractivity contribution in [3.05, 3.63) is 70.3 Å². The molecule has 2 N–H and O–H groups in total. The number of nitrogens with one attached hydrogen (secondary N) is 2. The lowest BCUT2D eigenvalue weighted by Crippen LogP contribution is -2.20. The fourth-order valence-corrected chi connectivity index (χ4v) is 4.00. The molecule has 0 radical (unpaired) electrons. The van der Waals surface area contributed by atoms with Crippen LogP contribution in [-0.4, -0.2) is 15.5 Å². The molecule has 0 saturated carbocycles. The third-order valence-electron chi connectivity index (χ3n) is 4.62. The number of hydrogen-bond donors (Lipinski definition) is 2. The quantitative estimate of drug-likeness (QED) is 0.847. The fourth-order valence-electron chi connectivity index (χ4n) is 3.22. The van der Waals surface area contributed by atoms with Gasteiger partial charge in [0.1, 0.15) is 0 Å². The van der Waals surface area contributed by atoms with Crippen LogP contribution in [0.1, 0.15) is 40.3 Å². The lowest BCUT2D eigenvalue weighted by molar-refractivity contribution is 0.530. The maximum Gasteiger partial charge on any atom is 0.215 e. The van der Waals surface area contributed by atoms with Crippen molar-refractivity contribution in [1.82, 2.24) is 10.0 Å². The van der Waals surface area contributed by atoms with Gasteiger partial charge in [-0.15, -0.1) is 0 Å². The van der Waals surface area contributed by atoms with Crippen molar-refractivity contribution in [2.24, 2.45) is 0 Å². The van der Waals surface area contributed by atoms with E-state index in [0.717, 1.165) is 24.9 Å². The zero-order valence-corrected chi connectivity index (χ0v) is 15.0. The van der Waals surface area contributed by atoms with Gasteiger partial charge in [0, 0.05) is 12.6 Å². The highest BCUT2D eigenvalue weighted by Crippen LogP contribution is 2.31. The summed E-state index contributed by atoms with van der Waals surface area (Å²) in [4.78, 5) is 0. The smallest absolute Gasteiger partial charge is 0.215 e. The van der Waals surface area contributed by atoms with Gasteiger partial charge in [0.05, 0.1) is 5.75 Å². The van der Waals surface area contributed by atoms with E-state index in [1.54, 1.807) is 0 Å². The van der Waals surface area contributed by atoms with Crippen molar-refractivity contribution in [3.63, 3.8) is 0 Å². The summed E-state index contributed by atoms with van der Waals surface area (Å²) in [5, 5.41) is 3.63. The summed E-state index contributed by atoms with van der Waals surface area (Å²) in [7, 11) is -1.77. The molecule has 0 aromatic heterocycles. The molecule has 5 heteroatoms. The number of aryl methyl sites for hydroxylation is 2. The normalized spacial score (nSPS) is 17.0. The molecule has 1 atom stereocenters. The molecule has 3 rings (SSSR count). The first-order chi connectivity index (χ1) is 11.5. The van der Waals surface area contributed by atoms with Crippen LogP contribution in [0.5, 0.6) is 0 Å². The van der Waals surface area contributed by atoms with E-state index >= 15 is 0 Å². The van der Waals surface area contributed by atoms with Crippen LogP contribution in [0, 0.1) is 6.92 Å². The molecular weight excluding hydrogens is 320 g/mol. The molecule has 0 fully saturated rings. The van der Waals surface area contributed by atoms with Gasteiger partial charge in [0.2, 0.25) is 10.0 Å². The van der Waals surface area contributed by atoms with Crippen molar-refractivity contribution in [3.8, 4) is 0 Å². The number of rotatable bonds is 6. The molecule has 4 nitrogen and oxygen atoms in total. The van der Waals surface area contributed by atoms with Crippen LogP contribution in [0.4, 0.5) is 0 Å². The summed E-state index contributed by atoms with van der Waals surface area (Å²) in [6.07, 6.45) is 2.27. The Morgan fingerprint density at radius 3 is 2.50 bits per heavy atom. The van der Waals surface area contributed by atoms with Crippen molar-refractivity contribution < 1.29 is 8.42 Å². The summed E-state index contributed by atoms with van der Waals surface area (Å²) < 4.78 is 25.5. The van der Waals surface area contributed by atoms with Crippen LogP contribution in [0.2, 0.25) is 0 Å². The Morgan fingerprint density at radius 2 is 1.79 bits per heavy atom. The van der Waals surface area contributed by atoms with E-state index < -0.39 is 10.0 Å². The molecule has 1 aliphatic carbocycles. The highest BCUT2D eigenvalue weighted by molar-refractivity contribution is 7.88. The van der Waals surface area contributed by atoms with E-state index in [1.165, 1.54) is 29.3 Å². The molecule has 1 aliphatic rings. The average Bonchev–Trinajstić information content (AvgIpc) is 2.96. The third-order valence-corrected chi connectivity index (χ3v) is 5.96. The summed E-state index contributed by atoms with van der Waals surface area (Å²) in [6, 6.07) is 14.9. The zero-order valence-electron chi connectivity index (χ0n) is 14.2. The minimum atomic E-state index is -3.21. The highest BCUT2D eigenvalue weighted by Gasteiger charge is 2.21. The van der Waals surface area contributed by atoms with Gasteiger partial charge in [-0.25, -0.2) is 13.1 Å². The van der Waals surface area contributed by atoms with Crippen LogP contribution >= 0.6 is 0 Å². The summed E-state index contributed by atoms with van der Waals surface area (Å²) >= 11 is 0. The first kappa shape index (κ1) is 17.1. The SMILES string of the molecule is CNS(=O)(=O)Cc1ccc(CN[C@@H]2CCc3ccc(C)cc32)cc1. The fraction of sp³-hybridized carbons (Fsp3) is 0.368. The van der Waals surface area contributed by atoms with Crippen LogP contribution < -0.4 is 10.0 Å². The van der Waals surface area contributed by atoms with Gasteiger partial charge in [-0.1, -0.05) is 48.0 Å². The van der Waals surface area contributed by atoms with Gasteiger partial charge in [-0.3, -0.25) is 0 Å². The van der Waals surface area contributed by atoms with Crippen molar-refractivity contribution >= 4 is 10.0 Å². The first-order valence-electron chi connectivity index (χ1n) is 8.29. The Labute approximate surface area is 144 Å². The maximum atomic E-state index is 11.6. The Bertz CT molecular complexity index is 814. The molecule has 0 amide bonds. The van der Waals surface area contributed by atoms with Gasteiger partial charge in [0.25, 0.3) is 0 Å². The van der Waals surface area contributed by atoms with E-state index in [9.17, 15) is 8.42 Å². The predicted octanol–water partition coefficient (Wildman–Crippen LogP) is 2.82. The standard InChI is InChI=1S/C19H24N2O2S/c1-14-3-8-17-9-10-19(18(17)11-14)21-12-15-4-6-16(7-5-15)13-24(22,23)20-2/h3-8,11,19-21H,9-10,12-13H2,1-2H3/t19-/m1/s1. The van der Waals surface area contributed by atoms with Crippen LogP contribution in [0.25, 0.3) is 0 Å². The maximum absolute atomic E-state index is 11.6. The predicted molar refractivity (Wildman–Crippen MR) is 97.2 cm³/mol. The lowest BCUT2D eigenvalue weighted by atomic mass is 10.0. The van der Waals surface area contributed by atoms with Gasteiger partial charge in [-0.2, -0.15) is 0 Å². The van der Waals surface area contributed by atoms with E-state index in [2.05, 4.69) is 35.2 Å². The summed E-state index contributed by atoms with van der Waals surface area (Å²) in [6.45, 7) is 2.92. The second kappa shape index (κ2) is 7.05. The Morgan fingerprint density at radius 1 is 1.08 bits per heavy atom. The van der Waals surface area contributed by atoms with Crippen molar-refractivity contribution in [2.75, 3.05) is 7.05 Å². The molecule has 0 saturated heterocycles. The van der Waals surface area contributed by atoms with Crippen molar-refractivity contribution in [2.45, 2.75) is 38.1 Å². The van der Waals surface area contributed by atoms with Gasteiger partial charge in [0.15, 0.2) is 0 Å². The molecular formula is C19H24N2O2S. The van der Waals surface area contributed by atoms with Crippen molar-refractivity contribution in [1.29, 1.82) is 0 Å².